The predicted octanol–water partition coefficient (Wildman–Crippen LogP) is 4.60. The van der Waals surface area contributed by atoms with E-state index in [1.807, 2.05) is 32.0 Å². The molecule has 3 rings (SSSR count). The maximum atomic E-state index is 12.6. The first-order valence-corrected chi connectivity index (χ1v) is 11.6. The van der Waals surface area contributed by atoms with Crippen LogP contribution in [0.3, 0.4) is 0 Å². The molecule has 3 aromatic carbocycles. The van der Waals surface area contributed by atoms with Crippen molar-refractivity contribution in [2.45, 2.75) is 31.8 Å². The summed E-state index contributed by atoms with van der Waals surface area (Å²) in [5.41, 5.74) is 1.92. The lowest BCUT2D eigenvalue weighted by atomic mass is 10.2. The van der Waals surface area contributed by atoms with Gasteiger partial charge in [-0.1, -0.05) is 12.1 Å². The molecular weight excluding hydrogens is 428 g/mol. The minimum Gasteiger partial charge on any atom is -0.494 e. The van der Waals surface area contributed by atoms with Gasteiger partial charge in [-0.3, -0.25) is 9.52 Å². The van der Waals surface area contributed by atoms with Gasteiger partial charge in [-0.15, -0.1) is 0 Å². The lowest BCUT2D eigenvalue weighted by Gasteiger charge is -2.15. The van der Waals surface area contributed by atoms with Crippen molar-refractivity contribution in [3.8, 4) is 11.5 Å². The number of benzene rings is 3. The van der Waals surface area contributed by atoms with Gasteiger partial charge in [0.1, 0.15) is 11.5 Å². The Balaban J connectivity index is 1.61. The summed E-state index contributed by atoms with van der Waals surface area (Å²) in [6, 6.07) is 20.0. The van der Waals surface area contributed by atoms with Crippen LogP contribution in [0.2, 0.25) is 0 Å². The third-order valence-corrected chi connectivity index (χ3v) is 5.92. The Morgan fingerprint density at radius 3 is 2.22 bits per heavy atom. The second-order valence-electron chi connectivity index (χ2n) is 7.15. The summed E-state index contributed by atoms with van der Waals surface area (Å²) in [5, 5.41) is 2.73. The van der Waals surface area contributed by atoms with Crippen LogP contribution in [0, 0.1) is 6.92 Å². The van der Waals surface area contributed by atoms with Gasteiger partial charge in [-0.25, -0.2) is 8.42 Å². The predicted molar refractivity (Wildman–Crippen MR) is 125 cm³/mol. The van der Waals surface area contributed by atoms with Crippen molar-refractivity contribution >= 4 is 27.3 Å². The van der Waals surface area contributed by atoms with E-state index in [1.54, 1.807) is 37.3 Å². The molecule has 3 aromatic rings. The first-order chi connectivity index (χ1) is 15.3. The van der Waals surface area contributed by atoms with Crippen LogP contribution < -0.4 is 19.5 Å². The number of anilines is 2. The van der Waals surface area contributed by atoms with Crippen molar-refractivity contribution in [3.63, 3.8) is 0 Å². The molecule has 168 valence electrons. The Kier molecular flexibility index (Phi) is 7.37. The summed E-state index contributed by atoms with van der Waals surface area (Å²) in [4.78, 5) is 12.5. The molecule has 0 saturated heterocycles. The van der Waals surface area contributed by atoms with Crippen molar-refractivity contribution in [2.75, 3.05) is 16.6 Å². The largest absolute Gasteiger partial charge is 0.494 e. The summed E-state index contributed by atoms with van der Waals surface area (Å²) >= 11 is 0. The van der Waals surface area contributed by atoms with Gasteiger partial charge in [0, 0.05) is 11.4 Å². The summed E-state index contributed by atoms with van der Waals surface area (Å²) < 4.78 is 38.8. The molecule has 0 aromatic heterocycles. The molecule has 1 amide bonds. The highest BCUT2D eigenvalue weighted by atomic mass is 32.2. The topological polar surface area (TPSA) is 93.7 Å². The second kappa shape index (κ2) is 10.2. The molecule has 7 nitrogen and oxygen atoms in total. The van der Waals surface area contributed by atoms with Crippen molar-refractivity contribution in [2.24, 2.45) is 0 Å². The van der Waals surface area contributed by atoms with Gasteiger partial charge in [-0.2, -0.15) is 0 Å². The van der Waals surface area contributed by atoms with E-state index in [9.17, 15) is 13.2 Å². The number of hydrogen-bond acceptors (Lipinski definition) is 5. The Hall–Kier alpha value is -3.52. The Labute approximate surface area is 188 Å². The van der Waals surface area contributed by atoms with E-state index >= 15 is 0 Å². The van der Waals surface area contributed by atoms with Crippen molar-refractivity contribution < 1.29 is 22.7 Å². The number of nitrogens with one attached hydrogen (secondary N) is 2. The van der Waals surface area contributed by atoms with Gasteiger partial charge in [0.15, 0.2) is 6.10 Å². The highest BCUT2D eigenvalue weighted by Gasteiger charge is 2.17. The average molecular weight is 455 g/mol. The van der Waals surface area contributed by atoms with Crippen LogP contribution in [-0.2, 0) is 14.8 Å². The molecule has 2 N–H and O–H groups in total. The van der Waals surface area contributed by atoms with Crippen LogP contribution in [0.5, 0.6) is 11.5 Å². The van der Waals surface area contributed by atoms with E-state index in [-0.39, 0.29) is 10.8 Å². The average Bonchev–Trinajstić information content (AvgIpc) is 2.75. The fourth-order valence-electron chi connectivity index (χ4n) is 2.91. The van der Waals surface area contributed by atoms with E-state index < -0.39 is 16.1 Å². The molecule has 0 spiro atoms. The molecule has 32 heavy (non-hydrogen) atoms. The fourth-order valence-corrected chi connectivity index (χ4v) is 3.97. The van der Waals surface area contributed by atoms with E-state index in [0.717, 1.165) is 5.56 Å². The monoisotopic (exact) mass is 454 g/mol. The van der Waals surface area contributed by atoms with Crippen molar-refractivity contribution in [1.82, 2.24) is 0 Å². The molecule has 1 atom stereocenters. The smallest absolute Gasteiger partial charge is 0.265 e. The highest BCUT2D eigenvalue weighted by Crippen LogP contribution is 2.21. The van der Waals surface area contributed by atoms with Crippen LogP contribution in [0.15, 0.2) is 77.7 Å². The normalized spacial score (nSPS) is 12.0. The third kappa shape index (κ3) is 6.24. The van der Waals surface area contributed by atoms with Crippen LogP contribution in [-0.4, -0.2) is 27.0 Å². The molecular formula is C24H26N2O5S. The number of ether oxygens (including phenoxy) is 2. The molecule has 0 aliphatic heterocycles. The van der Waals surface area contributed by atoms with E-state index in [1.165, 1.54) is 24.3 Å². The van der Waals surface area contributed by atoms with Gasteiger partial charge >= 0.3 is 0 Å². The van der Waals surface area contributed by atoms with E-state index in [0.29, 0.717) is 29.5 Å². The highest BCUT2D eigenvalue weighted by molar-refractivity contribution is 7.92. The summed E-state index contributed by atoms with van der Waals surface area (Å²) in [7, 11) is -3.77. The van der Waals surface area contributed by atoms with Crippen molar-refractivity contribution in [3.05, 3.63) is 78.4 Å². The summed E-state index contributed by atoms with van der Waals surface area (Å²) in [5.74, 6) is 0.931. The van der Waals surface area contributed by atoms with Crippen LogP contribution >= 0.6 is 0 Å². The minimum absolute atomic E-state index is 0.0773. The fraction of sp³-hybridized carbons (Fsp3) is 0.208. The Morgan fingerprint density at radius 1 is 0.938 bits per heavy atom. The Morgan fingerprint density at radius 2 is 1.59 bits per heavy atom. The molecule has 0 fully saturated rings. The number of sulfonamides is 1. The van der Waals surface area contributed by atoms with Crippen molar-refractivity contribution in [1.29, 1.82) is 0 Å². The number of hydrogen-bond donors (Lipinski definition) is 2. The maximum absolute atomic E-state index is 12.6. The van der Waals surface area contributed by atoms with Crippen LogP contribution in [0.4, 0.5) is 11.4 Å². The molecule has 0 radical (unpaired) electrons. The molecule has 0 saturated carbocycles. The third-order valence-electron chi connectivity index (χ3n) is 4.52. The van der Waals surface area contributed by atoms with Gasteiger partial charge in [0.05, 0.1) is 11.5 Å². The first-order valence-electron chi connectivity index (χ1n) is 10.2. The summed E-state index contributed by atoms with van der Waals surface area (Å²) in [6.45, 7) is 6.00. The number of rotatable bonds is 9. The number of amides is 1. The van der Waals surface area contributed by atoms with Gasteiger partial charge in [-0.05, 0) is 87.0 Å². The Bertz CT molecular complexity index is 1160. The molecule has 0 aliphatic carbocycles. The molecule has 0 unspecified atom stereocenters. The number of aryl methyl sites for hydroxylation is 1. The SMILES string of the molecule is CCOc1ccc(NS(=O)(=O)c2ccc(NC(=O)[C@H](C)Oc3cccc(C)c3)cc2)cc1. The van der Waals surface area contributed by atoms with Gasteiger partial charge in [0.25, 0.3) is 15.9 Å². The van der Waals surface area contributed by atoms with Gasteiger partial charge < -0.3 is 14.8 Å². The van der Waals surface area contributed by atoms with Gasteiger partial charge in [0.2, 0.25) is 0 Å². The molecule has 0 heterocycles. The van der Waals surface area contributed by atoms with E-state index in [2.05, 4.69) is 10.0 Å². The van der Waals surface area contributed by atoms with E-state index in [4.69, 9.17) is 9.47 Å². The van der Waals surface area contributed by atoms with Crippen LogP contribution in [0.25, 0.3) is 0 Å². The lowest BCUT2D eigenvalue weighted by molar-refractivity contribution is -0.122. The zero-order valence-electron chi connectivity index (χ0n) is 18.2. The zero-order valence-corrected chi connectivity index (χ0v) is 19.0. The first kappa shape index (κ1) is 23.1. The molecule has 0 aliphatic rings. The number of carbonyl (C=O) groups excluding carboxylic acids is 1. The second-order valence-corrected chi connectivity index (χ2v) is 8.84. The number of carbonyl (C=O) groups is 1. The zero-order chi connectivity index (χ0) is 23.1. The molecule has 8 heteroatoms. The maximum Gasteiger partial charge on any atom is 0.265 e. The quantitative estimate of drug-likeness (QED) is 0.493. The lowest BCUT2D eigenvalue weighted by Crippen LogP contribution is -2.30. The van der Waals surface area contributed by atoms with Crippen LogP contribution in [0.1, 0.15) is 19.4 Å². The molecule has 0 bridgehead atoms. The summed E-state index contributed by atoms with van der Waals surface area (Å²) in [6.07, 6.45) is -0.721. The standard InChI is InChI=1S/C24H26N2O5S/c1-4-30-21-12-8-20(9-13-21)26-32(28,29)23-14-10-19(11-15-23)25-24(27)18(3)31-22-7-5-6-17(2)16-22/h5-16,18,26H,4H2,1-3H3,(H,25,27)/t18-/m0/s1. The minimum atomic E-state index is -3.77.